The molecule has 1 heterocycles. The van der Waals surface area contributed by atoms with Gasteiger partial charge in [-0.25, -0.2) is 0 Å². The summed E-state index contributed by atoms with van der Waals surface area (Å²) < 4.78 is 22.5. The number of carbonyl (C=O) groups excluding carboxylic acids is 2. The Labute approximate surface area is 176 Å². The molecule has 152 valence electrons. The van der Waals surface area contributed by atoms with Gasteiger partial charge in [-0.1, -0.05) is 0 Å². The number of halogens is 1. The summed E-state index contributed by atoms with van der Waals surface area (Å²) >= 11 is 3.44. The Kier molecular flexibility index (Phi) is 6.07. The standard InChI is InChI=1S/C20H19BrN2O6/c1-11(24)23-20(15-9-16(21)18(27-4)10-17(15)26-3)29-19(22-23)13-5-7-14(8-6-13)28-12(2)25/h5-10,20H,1-4H3/t20-/m1/s1. The van der Waals surface area contributed by atoms with Gasteiger partial charge < -0.3 is 18.9 Å². The van der Waals surface area contributed by atoms with Gasteiger partial charge in [-0.3, -0.25) is 9.59 Å². The van der Waals surface area contributed by atoms with E-state index in [-0.39, 0.29) is 11.8 Å². The molecule has 3 rings (SSSR count). The average Bonchev–Trinajstić information content (AvgIpc) is 3.13. The lowest BCUT2D eigenvalue weighted by molar-refractivity contribution is -0.135. The summed E-state index contributed by atoms with van der Waals surface area (Å²) in [5.74, 6) is 1.03. The average molecular weight is 463 g/mol. The highest BCUT2D eigenvalue weighted by Crippen LogP contribution is 2.40. The fourth-order valence-electron chi connectivity index (χ4n) is 2.79. The molecule has 0 bridgehead atoms. The van der Waals surface area contributed by atoms with Crippen molar-refractivity contribution in [3.05, 3.63) is 52.0 Å². The molecule has 8 nitrogen and oxygen atoms in total. The van der Waals surface area contributed by atoms with Crippen molar-refractivity contribution in [3.8, 4) is 17.2 Å². The first-order valence-corrected chi connectivity index (χ1v) is 9.38. The monoisotopic (exact) mass is 462 g/mol. The van der Waals surface area contributed by atoms with Crippen LogP contribution in [0.25, 0.3) is 0 Å². The number of benzene rings is 2. The predicted octanol–water partition coefficient (Wildman–Crippen LogP) is 3.63. The first kappa shape index (κ1) is 20.7. The SMILES string of the molecule is COc1cc(OC)c([C@H]2OC(c3ccc(OC(C)=O)cc3)=NN2C(C)=O)cc1Br. The van der Waals surface area contributed by atoms with Gasteiger partial charge >= 0.3 is 5.97 Å². The second-order valence-electron chi connectivity index (χ2n) is 6.09. The number of rotatable bonds is 5. The maximum Gasteiger partial charge on any atom is 0.308 e. The highest BCUT2D eigenvalue weighted by Gasteiger charge is 2.35. The van der Waals surface area contributed by atoms with Crippen LogP contribution in [0.2, 0.25) is 0 Å². The minimum absolute atomic E-state index is 0.258. The molecule has 1 aliphatic heterocycles. The van der Waals surface area contributed by atoms with E-state index in [0.29, 0.717) is 32.8 Å². The van der Waals surface area contributed by atoms with E-state index in [1.165, 1.54) is 26.0 Å². The fourth-order valence-corrected chi connectivity index (χ4v) is 3.32. The number of ether oxygens (including phenoxy) is 4. The van der Waals surface area contributed by atoms with E-state index >= 15 is 0 Å². The van der Waals surface area contributed by atoms with Gasteiger partial charge in [0.1, 0.15) is 17.2 Å². The zero-order chi connectivity index (χ0) is 21.1. The van der Waals surface area contributed by atoms with Crippen molar-refractivity contribution in [1.29, 1.82) is 0 Å². The van der Waals surface area contributed by atoms with Crippen molar-refractivity contribution in [2.45, 2.75) is 20.1 Å². The number of esters is 1. The van der Waals surface area contributed by atoms with Crippen LogP contribution in [0, 0.1) is 0 Å². The van der Waals surface area contributed by atoms with Crippen molar-refractivity contribution in [2.75, 3.05) is 14.2 Å². The van der Waals surface area contributed by atoms with Gasteiger partial charge in [-0.2, -0.15) is 5.01 Å². The van der Waals surface area contributed by atoms with Crippen LogP contribution < -0.4 is 14.2 Å². The molecule has 0 N–H and O–H groups in total. The maximum absolute atomic E-state index is 12.2. The summed E-state index contributed by atoms with van der Waals surface area (Å²) in [5, 5.41) is 5.56. The third-order valence-corrected chi connectivity index (χ3v) is 4.72. The molecular weight excluding hydrogens is 444 g/mol. The van der Waals surface area contributed by atoms with Crippen LogP contribution in [0.4, 0.5) is 0 Å². The molecule has 0 saturated heterocycles. The number of amides is 1. The summed E-state index contributed by atoms with van der Waals surface area (Å²) in [6.45, 7) is 2.73. The molecule has 1 atom stereocenters. The molecule has 29 heavy (non-hydrogen) atoms. The Morgan fingerprint density at radius 1 is 1.07 bits per heavy atom. The van der Waals surface area contributed by atoms with Crippen LogP contribution in [0.15, 0.2) is 46.0 Å². The van der Waals surface area contributed by atoms with Gasteiger partial charge in [0.25, 0.3) is 0 Å². The molecule has 0 spiro atoms. The lowest BCUT2D eigenvalue weighted by Gasteiger charge is -2.22. The third kappa shape index (κ3) is 4.34. The van der Waals surface area contributed by atoms with Gasteiger partial charge in [0, 0.05) is 25.5 Å². The second-order valence-corrected chi connectivity index (χ2v) is 6.94. The van der Waals surface area contributed by atoms with Gasteiger partial charge in [0.15, 0.2) is 0 Å². The molecule has 2 aromatic rings. The number of methoxy groups -OCH3 is 2. The van der Waals surface area contributed by atoms with Gasteiger partial charge in [0.05, 0.1) is 24.3 Å². The quantitative estimate of drug-likeness (QED) is 0.497. The van der Waals surface area contributed by atoms with E-state index in [4.69, 9.17) is 18.9 Å². The fraction of sp³-hybridized carbons (Fsp3) is 0.250. The maximum atomic E-state index is 12.2. The number of carbonyl (C=O) groups is 2. The molecular formula is C20H19BrN2O6. The Morgan fingerprint density at radius 2 is 1.72 bits per heavy atom. The lowest BCUT2D eigenvalue weighted by atomic mass is 10.1. The topological polar surface area (TPSA) is 86.7 Å². The molecule has 9 heteroatoms. The minimum Gasteiger partial charge on any atom is -0.496 e. The molecule has 0 unspecified atom stereocenters. The number of hydrogen-bond acceptors (Lipinski definition) is 7. The largest absolute Gasteiger partial charge is 0.496 e. The summed E-state index contributed by atoms with van der Waals surface area (Å²) in [7, 11) is 3.07. The Hall–Kier alpha value is -3.07. The van der Waals surface area contributed by atoms with Gasteiger partial charge in [0.2, 0.25) is 18.0 Å². The van der Waals surface area contributed by atoms with Crippen LogP contribution in [-0.2, 0) is 14.3 Å². The van der Waals surface area contributed by atoms with Crippen LogP contribution in [0.3, 0.4) is 0 Å². The summed E-state index contributed by atoms with van der Waals surface area (Å²) in [5.41, 5.74) is 1.23. The van der Waals surface area contributed by atoms with Gasteiger partial charge in [-0.05, 0) is 46.3 Å². The van der Waals surface area contributed by atoms with E-state index in [9.17, 15) is 9.59 Å². The number of nitrogens with zero attached hydrogens (tertiary/aromatic N) is 2. The highest BCUT2D eigenvalue weighted by atomic mass is 79.9. The number of hydrazone groups is 1. The van der Waals surface area contributed by atoms with Crippen molar-refractivity contribution in [1.82, 2.24) is 5.01 Å². The van der Waals surface area contributed by atoms with Crippen molar-refractivity contribution >= 4 is 33.7 Å². The van der Waals surface area contributed by atoms with Crippen molar-refractivity contribution in [2.24, 2.45) is 5.10 Å². The zero-order valence-corrected chi connectivity index (χ0v) is 17.8. The van der Waals surface area contributed by atoms with Crippen LogP contribution in [-0.4, -0.2) is 37.0 Å². The van der Waals surface area contributed by atoms with Gasteiger partial charge in [-0.15, -0.1) is 5.10 Å². The summed E-state index contributed by atoms with van der Waals surface area (Å²) in [6.07, 6.45) is -0.812. The van der Waals surface area contributed by atoms with E-state index in [1.54, 1.807) is 43.5 Å². The van der Waals surface area contributed by atoms with Crippen LogP contribution >= 0.6 is 15.9 Å². The van der Waals surface area contributed by atoms with E-state index < -0.39 is 12.2 Å². The summed E-state index contributed by atoms with van der Waals surface area (Å²) in [6, 6.07) is 10.1. The Bertz CT molecular complexity index is 974. The Balaban J connectivity index is 1.94. The minimum atomic E-state index is -0.812. The molecule has 1 amide bonds. The van der Waals surface area contributed by atoms with E-state index in [1.807, 2.05) is 0 Å². The molecule has 1 aliphatic rings. The molecule has 0 aromatic heterocycles. The highest BCUT2D eigenvalue weighted by molar-refractivity contribution is 9.10. The zero-order valence-electron chi connectivity index (χ0n) is 16.3. The summed E-state index contributed by atoms with van der Waals surface area (Å²) in [4.78, 5) is 23.3. The normalized spacial score (nSPS) is 15.4. The van der Waals surface area contributed by atoms with Crippen molar-refractivity contribution in [3.63, 3.8) is 0 Å². The molecule has 2 aromatic carbocycles. The molecule has 0 aliphatic carbocycles. The second kappa shape index (κ2) is 8.52. The first-order valence-electron chi connectivity index (χ1n) is 8.59. The third-order valence-electron chi connectivity index (χ3n) is 4.10. The van der Waals surface area contributed by atoms with Crippen molar-refractivity contribution < 1.29 is 28.5 Å². The smallest absolute Gasteiger partial charge is 0.308 e. The van der Waals surface area contributed by atoms with E-state index in [2.05, 4.69) is 21.0 Å². The van der Waals surface area contributed by atoms with Crippen LogP contribution in [0.5, 0.6) is 17.2 Å². The molecule has 0 saturated carbocycles. The number of hydrogen-bond donors (Lipinski definition) is 0. The predicted molar refractivity (Wildman–Crippen MR) is 108 cm³/mol. The van der Waals surface area contributed by atoms with Crippen LogP contribution in [0.1, 0.15) is 31.2 Å². The van der Waals surface area contributed by atoms with E-state index in [0.717, 1.165) is 0 Å². The molecule has 0 fully saturated rings. The lowest BCUT2D eigenvalue weighted by Crippen LogP contribution is -2.25. The Morgan fingerprint density at radius 3 is 2.28 bits per heavy atom. The molecule has 0 radical (unpaired) electrons. The first-order chi connectivity index (χ1) is 13.8.